The maximum absolute atomic E-state index is 13.7. The van der Waals surface area contributed by atoms with Crippen molar-refractivity contribution in [2.45, 2.75) is 6.54 Å². The summed E-state index contributed by atoms with van der Waals surface area (Å²) in [5, 5.41) is 16.0. The van der Waals surface area contributed by atoms with Gasteiger partial charge in [0.05, 0.1) is 18.3 Å². The first-order valence-electron chi connectivity index (χ1n) is 4.53. The van der Waals surface area contributed by atoms with Crippen LogP contribution in [0.2, 0.25) is 0 Å². The quantitative estimate of drug-likeness (QED) is 0.844. The normalized spacial score (nSPS) is 10.3. The molecule has 0 fully saturated rings. The fraction of sp³-hybridized carbons (Fsp3) is 0.100. The molecule has 1 aromatic carbocycles. The average Bonchev–Trinajstić information content (AvgIpc) is 2.73. The minimum Gasteiger partial charge on any atom is -0.478 e. The molecule has 0 saturated carbocycles. The van der Waals surface area contributed by atoms with Crippen LogP contribution in [0, 0.1) is 5.82 Å². The molecule has 1 heterocycles. The Bertz CT molecular complexity index is 511. The summed E-state index contributed by atoms with van der Waals surface area (Å²) in [6.07, 6.45) is 3.05. The smallest absolute Gasteiger partial charge is 0.338 e. The fourth-order valence-corrected chi connectivity index (χ4v) is 1.36. The van der Waals surface area contributed by atoms with Gasteiger partial charge in [0.15, 0.2) is 0 Å². The Balaban J connectivity index is 2.35. The standard InChI is InChI=1S/C10H8FN3O2/c11-9-7(6-14-5-4-12-13-14)2-1-3-8(9)10(15)16/h1-5H,6H2,(H,15,16). The van der Waals surface area contributed by atoms with Gasteiger partial charge in [-0.05, 0) is 6.07 Å². The fourth-order valence-electron chi connectivity index (χ4n) is 1.36. The number of aromatic nitrogens is 3. The lowest BCUT2D eigenvalue weighted by Gasteiger charge is -2.04. The summed E-state index contributed by atoms with van der Waals surface area (Å²) >= 11 is 0. The summed E-state index contributed by atoms with van der Waals surface area (Å²) in [5.74, 6) is -2.01. The van der Waals surface area contributed by atoms with Crippen molar-refractivity contribution in [3.63, 3.8) is 0 Å². The molecule has 0 amide bonds. The maximum Gasteiger partial charge on any atom is 0.338 e. The number of nitrogens with zero attached hydrogens (tertiary/aromatic N) is 3. The zero-order valence-corrected chi connectivity index (χ0v) is 8.17. The molecule has 6 heteroatoms. The van der Waals surface area contributed by atoms with E-state index in [1.165, 1.54) is 29.1 Å². The van der Waals surface area contributed by atoms with E-state index in [1.807, 2.05) is 0 Å². The lowest BCUT2D eigenvalue weighted by atomic mass is 10.1. The molecule has 1 aromatic heterocycles. The summed E-state index contributed by atoms with van der Waals surface area (Å²) in [6, 6.07) is 4.24. The van der Waals surface area contributed by atoms with Crippen LogP contribution in [-0.4, -0.2) is 26.1 Å². The first-order valence-corrected chi connectivity index (χ1v) is 4.53. The Hall–Kier alpha value is -2.24. The molecule has 0 radical (unpaired) electrons. The van der Waals surface area contributed by atoms with Crippen LogP contribution >= 0.6 is 0 Å². The van der Waals surface area contributed by atoms with Crippen molar-refractivity contribution in [3.8, 4) is 0 Å². The molecule has 82 valence electrons. The van der Waals surface area contributed by atoms with Crippen LogP contribution in [0.15, 0.2) is 30.6 Å². The number of hydrogen-bond acceptors (Lipinski definition) is 3. The van der Waals surface area contributed by atoms with E-state index in [1.54, 1.807) is 6.20 Å². The number of carbonyl (C=O) groups is 1. The van der Waals surface area contributed by atoms with Crippen LogP contribution < -0.4 is 0 Å². The summed E-state index contributed by atoms with van der Waals surface area (Å²) in [7, 11) is 0. The molecule has 0 aliphatic heterocycles. The molecular weight excluding hydrogens is 213 g/mol. The second-order valence-electron chi connectivity index (χ2n) is 3.18. The molecule has 0 saturated heterocycles. The number of aromatic carboxylic acids is 1. The number of carboxylic acid groups (broad SMARTS) is 1. The van der Waals surface area contributed by atoms with Crippen molar-refractivity contribution in [1.29, 1.82) is 0 Å². The maximum atomic E-state index is 13.7. The number of rotatable bonds is 3. The molecule has 16 heavy (non-hydrogen) atoms. The Morgan fingerprint density at radius 2 is 2.31 bits per heavy atom. The van der Waals surface area contributed by atoms with E-state index in [-0.39, 0.29) is 17.7 Å². The largest absolute Gasteiger partial charge is 0.478 e. The molecule has 0 bridgehead atoms. The number of halogens is 1. The minimum absolute atomic E-state index is 0.160. The highest BCUT2D eigenvalue weighted by molar-refractivity contribution is 5.88. The van der Waals surface area contributed by atoms with E-state index in [2.05, 4.69) is 10.3 Å². The Morgan fingerprint density at radius 1 is 1.50 bits per heavy atom. The van der Waals surface area contributed by atoms with Gasteiger partial charge in [-0.3, -0.25) is 0 Å². The summed E-state index contributed by atoms with van der Waals surface area (Å²) in [6.45, 7) is 0.160. The average molecular weight is 221 g/mol. The van der Waals surface area contributed by atoms with Gasteiger partial charge in [0.25, 0.3) is 0 Å². The van der Waals surface area contributed by atoms with Crippen LogP contribution in [-0.2, 0) is 6.54 Å². The molecule has 0 spiro atoms. The van der Waals surface area contributed by atoms with Crippen LogP contribution in [0.5, 0.6) is 0 Å². The molecule has 0 aliphatic rings. The second kappa shape index (κ2) is 4.09. The van der Waals surface area contributed by atoms with Gasteiger partial charge in [-0.15, -0.1) is 5.10 Å². The van der Waals surface area contributed by atoms with E-state index >= 15 is 0 Å². The van der Waals surface area contributed by atoms with Gasteiger partial charge in [0, 0.05) is 11.8 Å². The highest BCUT2D eigenvalue weighted by Crippen LogP contribution is 2.13. The van der Waals surface area contributed by atoms with Crippen LogP contribution in [0.3, 0.4) is 0 Å². The van der Waals surface area contributed by atoms with E-state index in [0.717, 1.165) is 0 Å². The predicted molar refractivity (Wildman–Crippen MR) is 52.5 cm³/mol. The van der Waals surface area contributed by atoms with Gasteiger partial charge in [0.1, 0.15) is 5.82 Å². The predicted octanol–water partition coefficient (Wildman–Crippen LogP) is 1.16. The van der Waals surface area contributed by atoms with Crippen LogP contribution in [0.4, 0.5) is 4.39 Å². The third-order valence-corrected chi connectivity index (χ3v) is 2.11. The molecule has 0 atom stereocenters. The van der Waals surface area contributed by atoms with Crippen molar-refractivity contribution in [2.24, 2.45) is 0 Å². The van der Waals surface area contributed by atoms with Gasteiger partial charge in [0.2, 0.25) is 0 Å². The highest BCUT2D eigenvalue weighted by atomic mass is 19.1. The molecule has 0 aliphatic carbocycles. The number of benzene rings is 1. The van der Waals surface area contributed by atoms with Crippen molar-refractivity contribution in [1.82, 2.24) is 15.0 Å². The first kappa shape index (κ1) is 10.3. The molecule has 2 rings (SSSR count). The Kier molecular flexibility index (Phi) is 2.63. The van der Waals surface area contributed by atoms with Crippen LogP contribution in [0.25, 0.3) is 0 Å². The van der Waals surface area contributed by atoms with Gasteiger partial charge < -0.3 is 5.11 Å². The first-order chi connectivity index (χ1) is 7.68. The summed E-state index contributed by atoms with van der Waals surface area (Å²) < 4.78 is 15.1. The monoisotopic (exact) mass is 221 g/mol. The van der Waals surface area contributed by atoms with Gasteiger partial charge in [-0.2, -0.15) is 0 Å². The Labute approximate surface area is 90.1 Å². The third kappa shape index (κ3) is 1.90. The summed E-state index contributed by atoms with van der Waals surface area (Å²) in [4.78, 5) is 10.7. The molecular formula is C10H8FN3O2. The Morgan fingerprint density at radius 3 is 2.94 bits per heavy atom. The van der Waals surface area contributed by atoms with E-state index in [0.29, 0.717) is 0 Å². The third-order valence-electron chi connectivity index (χ3n) is 2.11. The highest BCUT2D eigenvalue weighted by Gasteiger charge is 2.13. The van der Waals surface area contributed by atoms with Crippen molar-refractivity contribution >= 4 is 5.97 Å². The van der Waals surface area contributed by atoms with Crippen LogP contribution in [0.1, 0.15) is 15.9 Å². The lowest BCUT2D eigenvalue weighted by molar-refractivity contribution is 0.0691. The van der Waals surface area contributed by atoms with E-state index in [9.17, 15) is 9.18 Å². The number of hydrogen-bond donors (Lipinski definition) is 1. The summed E-state index contributed by atoms with van der Waals surface area (Å²) in [5.41, 5.74) is -0.0667. The number of carboxylic acids is 1. The topological polar surface area (TPSA) is 68.0 Å². The lowest BCUT2D eigenvalue weighted by Crippen LogP contribution is -2.07. The van der Waals surface area contributed by atoms with Crippen molar-refractivity contribution in [2.75, 3.05) is 0 Å². The van der Waals surface area contributed by atoms with Crippen molar-refractivity contribution in [3.05, 3.63) is 47.5 Å². The minimum atomic E-state index is -1.28. The zero-order chi connectivity index (χ0) is 11.5. The van der Waals surface area contributed by atoms with Gasteiger partial charge >= 0.3 is 5.97 Å². The zero-order valence-electron chi connectivity index (χ0n) is 8.17. The molecule has 0 unspecified atom stereocenters. The van der Waals surface area contributed by atoms with E-state index in [4.69, 9.17) is 5.11 Å². The SMILES string of the molecule is O=C(O)c1cccc(Cn2ccnn2)c1F. The van der Waals surface area contributed by atoms with E-state index < -0.39 is 11.8 Å². The second-order valence-corrected chi connectivity index (χ2v) is 3.18. The van der Waals surface area contributed by atoms with Crippen molar-refractivity contribution < 1.29 is 14.3 Å². The van der Waals surface area contributed by atoms with Gasteiger partial charge in [-0.25, -0.2) is 13.9 Å². The molecule has 2 aromatic rings. The van der Waals surface area contributed by atoms with Gasteiger partial charge in [-0.1, -0.05) is 17.3 Å². The molecule has 5 nitrogen and oxygen atoms in total. The molecule has 1 N–H and O–H groups in total.